The molecule has 0 heterocycles. The van der Waals surface area contributed by atoms with Gasteiger partial charge >= 0.3 is 5.97 Å². The quantitative estimate of drug-likeness (QED) is 0.325. The molecule has 0 aromatic heterocycles. The van der Waals surface area contributed by atoms with Crippen molar-refractivity contribution in [2.24, 2.45) is 5.16 Å². The molecule has 0 saturated carbocycles. The topological polar surface area (TPSA) is 99.0 Å². The number of carboxylic acid groups (broad SMARTS) is 1. The highest BCUT2D eigenvalue weighted by molar-refractivity contribution is 6.03. The van der Waals surface area contributed by atoms with Crippen molar-refractivity contribution in [2.45, 2.75) is 6.92 Å². The number of hydrogen-bond acceptors (Lipinski definition) is 4. The molecule has 0 aliphatic rings. The van der Waals surface area contributed by atoms with E-state index in [0.29, 0.717) is 11.4 Å². The van der Waals surface area contributed by atoms with Gasteiger partial charge in [0.25, 0.3) is 0 Å². The first-order valence-electron chi connectivity index (χ1n) is 5.04. The van der Waals surface area contributed by atoms with Crippen LogP contribution >= 0.6 is 0 Å². The van der Waals surface area contributed by atoms with Gasteiger partial charge in [0, 0.05) is 17.8 Å². The Bertz CT molecular complexity index is 503. The van der Waals surface area contributed by atoms with Gasteiger partial charge in [-0.25, -0.2) is 4.79 Å². The second-order valence-electron chi connectivity index (χ2n) is 3.42. The third kappa shape index (κ3) is 4.09. The normalized spacial score (nSPS) is 11.5. The number of carboxylic acids is 1. The van der Waals surface area contributed by atoms with Crippen molar-refractivity contribution < 1.29 is 19.9 Å². The van der Waals surface area contributed by atoms with E-state index in [4.69, 9.17) is 10.3 Å². The first-order chi connectivity index (χ1) is 8.52. The second kappa shape index (κ2) is 6.19. The third-order valence-electron chi connectivity index (χ3n) is 2.10. The fraction of sp³-hybridized carbons (Fsp3) is 0.0833. The lowest BCUT2D eigenvalue weighted by Crippen LogP contribution is -2.08. The summed E-state index contributed by atoms with van der Waals surface area (Å²) in [6.45, 7) is 1.64. The van der Waals surface area contributed by atoms with Crippen LogP contribution in [0, 0.1) is 0 Å². The minimum absolute atomic E-state index is 0.457. The van der Waals surface area contributed by atoms with Crippen molar-refractivity contribution in [1.82, 2.24) is 0 Å². The van der Waals surface area contributed by atoms with Crippen LogP contribution in [0.15, 0.2) is 41.6 Å². The first-order valence-corrected chi connectivity index (χ1v) is 5.04. The van der Waals surface area contributed by atoms with E-state index in [0.717, 1.165) is 17.7 Å². The number of oxime groups is 1. The number of hydrogen-bond donors (Lipinski definition) is 3. The summed E-state index contributed by atoms with van der Waals surface area (Å²) in [4.78, 5) is 21.5. The van der Waals surface area contributed by atoms with Crippen LogP contribution in [-0.4, -0.2) is 27.9 Å². The summed E-state index contributed by atoms with van der Waals surface area (Å²) in [6, 6.07) is 6.59. The van der Waals surface area contributed by atoms with Crippen molar-refractivity contribution in [3.8, 4) is 0 Å². The molecule has 6 nitrogen and oxygen atoms in total. The Hall–Kier alpha value is -2.63. The van der Waals surface area contributed by atoms with E-state index in [2.05, 4.69) is 10.5 Å². The van der Waals surface area contributed by atoms with Gasteiger partial charge < -0.3 is 15.6 Å². The summed E-state index contributed by atoms with van der Waals surface area (Å²) in [5, 5.41) is 22.5. The number of rotatable bonds is 4. The summed E-state index contributed by atoms with van der Waals surface area (Å²) in [7, 11) is 0. The minimum Gasteiger partial charge on any atom is -0.478 e. The van der Waals surface area contributed by atoms with Gasteiger partial charge in [-0.2, -0.15) is 0 Å². The molecule has 0 aliphatic heterocycles. The molecular formula is C12H12N2O4. The van der Waals surface area contributed by atoms with Crippen LogP contribution in [0.4, 0.5) is 5.69 Å². The Balaban J connectivity index is 2.70. The van der Waals surface area contributed by atoms with E-state index in [1.54, 1.807) is 31.2 Å². The van der Waals surface area contributed by atoms with Crippen LogP contribution in [-0.2, 0) is 9.59 Å². The Labute approximate surface area is 103 Å². The predicted octanol–water partition coefficient (Wildman–Crippen LogP) is 1.46. The number of nitrogens with zero attached hydrogens (tertiary/aromatic N) is 1. The average molecular weight is 248 g/mol. The van der Waals surface area contributed by atoms with Gasteiger partial charge in [0.05, 0.1) is 5.71 Å². The van der Waals surface area contributed by atoms with Gasteiger partial charge in [0.15, 0.2) is 0 Å². The molecule has 0 aliphatic carbocycles. The number of benzene rings is 1. The summed E-state index contributed by atoms with van der Waals surface area (Å²) >= 11 is 0. The van der Waals surface area contributed by atoms with Gasteiger partial charge in [0.1, 0.15) is 0 Å². The van der Waals surface area contributed by atoms with E-state index in [1.807, 2.05) is 0 Å². The molecule has 1 aromatic rings. The summed E-state index contributed by atoms with van der Waals surface area (Å²) in [6.07, 6.45) is 1.68. The monoisotopic (exact) mass is 248 g/mol. The number of aliphatic carboxylic acids is 1. The Kier molecular flexibility index (Phi) is 4.62. The molecule has 1 aromatic carbocycles. The lowest BCUT2D eigenvalue weighted by molar-refractivity contribution is -0.131. The second-order valence-corrected chi connectivity index (χ2v) is 3.42. The molecular weight excluding hydrogens is 236 g/mol. The largest absolute Gasteiger partial charge is 0.478 e. The molecule has 0 unspecified atom stereocenters. The van der Waals surface area contributed by atoms with E-state index in [1.165, 1.54) is 0 Å². The predicted molar refractivity (Wildman–Crippen MR) is 65.8 cm³/mol. The maximum absolute atomic E-state index is 11.3. The highest BCUT2D eigenvalue weighted by Crippen LogP contribution is 2.10. The van der Waals surface area contributed by atoms with Gasteiger partial charge in [-0.1, -0.05) is 17.3 Å². The average Bonchev–Trinajstić information content (AvgIpc) is 2.36. The number of amides is 1. The standard InChI is InChI=1S/C12H12N2O4/c1-8(14-18)9-2-4-10(5-3-9)13-11(15)6-7-12(16)17/h2-7,18H,1H3,(H,13,15)(H,16,17)/b7-6+,14-8?. The lowest BCUT2D eigenvalue weighted by atomic mass is 10.1. The zero-order valence-corrected chi connectivity index (χ0v) is 9.62. The molecule has 0 radical (unpaired) electrons. The zero-order valence-electron chi connectivity index (χ0n) is 9.62. The van der Waals surface area contributed by atoms with Crippen LogP contribution in [0.1, 0.15) is 12.5 Å². The van der Waals surface area contributed by atoms with E-state index < -0.39 is 11.9 Å². The molecule has 3 N–H and O–H groups in total. The van der Waals surface area contributed by atoms with Crippen LogP contribution in [0.3, 0.4) is 0 Å². The van der Waals surface area contributed by atoms with Gasteiger partial charge in [-0.3, -0.25) is 4.79 Å². The van der Waals surface area contributed by atoms with Crippen LogP contribution in [0.5, 0.6) is 0 Å². The SMILES string of the molecule is CC(=NO)c1ccc(NC(=O)/C=C/C(=O)O)cc1. The summed E-state index contributed by atoms with van der Waals surface area (Å²) in [5.41, 5.74) is 1.69. The van der Waals surface area contributed by atoms with E-state index >= 15 is 0 Å². The maximum atomic E-state index is 11.3. The lowest BCUT2D eigenvalue weighted by Gasteiger charge is -2.03. The molecule has 1 amide bonds. The Morgan fingerprint density at radius 2 is 1.83 bits per heavy atom. The van der Waals surface area contributed by atoms with E-state index in [-0.39, 0.29) is 0 Å². The van der Waals surface area contributed by atoms with Crippen LogP contribution in [0.2, 0.25) is 0 Å². The number of nitrogens with one attached hydrogen (secondary N) is 1. The fourth-order valence-corrected chi connectivity index (χ4v) is 1.18. The molecule has 18 heavy (non-hydrogen) atoms. The van der Waals surface area contributed by atoms with Crippen LogP contribution in [0.25, 0.3) is 0 Å². The third-order valence-corrected chi connectivity index (χ3v) is 2.10. The molecule has 0 fully saturated rings. The van der Waals surface area contributed by atoms with Crippen molar-refractivity contribution >= 4 is 23.3 Å². The van der Waals surface area contributed by atoms with Gasteiger partial charge in [0.2, 0.25) is 5.91 Å². The maximum Gasteiger partial charge on any atom is 0.328 e. The molecule has 1 rings (SSSR count). The van der Waals surface area contributed by atoms with Crippen molar-refractivity contribution in [2.75, 3.05) is 5.32 Å². The van der Waals surface area contributed by atoms with Crippen molar-refractivity contribution in [3.63, 3.8) is 0 Å². The number of carbonyl (C=O) groups is 2. The Morgan fingerprint density at radius 1 is 1.22 bits per heavy atom. The smallest absolute Gasteiger partial charge is 0.328 e. The summed E-state index contributed by atoms with van der Waals surface area (Å²) in [5.74, 6) is -1.71. The van der Waals surface area contributed by atoms with Gasteiger partial charge in [-0.05, 0) is 24.6 Å². The zero-order chi connectivity index (χ0) is 13.5. The molecule has 6 heteroatoms. The highest BCUT2D eigenvalue weighted by atomic mass is 16.4. The highest BCUT2D eigenvalue weighted by Gasteiger charge is 2.01. The van der Waals surface area contributed by atoms with Crippen molar-refractivity contribution in [1.29, 1.82) is 0 Å². The Morgan fingerprint density at radius 3 is 2.33 bits per heavy atom. The molecule has 0 spiro atoms. The van der Waals surface area contributed by atoms with E-state index in [9.17, 15) is 9.59 Å². The number of carbonyl (C=O) groups excluding carboxylic acids is 1. The molecule has 0 saturated heterocycles. The van der Waals surface area contributed by atoms with Gasteiger partial charge in [-0.15, -0.1) is 0 Å². The molecule has 0 bridgehead atoms. The molecule has 94 valence electrons. The molecule has 0 atom stereocenters. The number of anilines is 1. The minimum atomic E-state index is -1.18. The fourth-order valence-electron chi connectivity index (χ4n) is 1.18. The summed E-state index contributed by atoms with van der Waals surface area (Å²) < 4.78 is 0. The van der Waals surface area contributed by atoms with Crippen LogP contribution < -0.4 is 5.32 Å². The first kappa shape index (κ1) is 13.4. The van der Waals surface area contributed by atoms with Crippen molar-refractivity contribution in [3.05, 3.63) is 42.0 Å².